The fourth-order valence-electron chi connectivity index (χ4n) is 2.78. The molecule has 20 heavy (non-hydrogen) atoms. The van der Waals surface area contributed by atoms with Crippen LogP contribution in [0.25, 0.3) is 0 Å². The number of likely N-dealkylation sites (tertiary alicyclic amines) is 1. The summed E-state index contributed by atoms with van der Waals surface area (Å²) in [5.41, 5.74) is 1.79. The van der Waals surface area contributed by atoms with Gasteiger partial charge in [-0.1, -0.05) is 6.92 Å². The van der Waals surface area contributed by atoms with E-state index in [1.54, 1.807) is 12.1 Å². The number of nitriles is 2. The minimum absolute atomic E-state index is 0.403. The highest BCUT2D eigenvalue weighted by atomic mass is 15.2. The van der Waals surface area contributed by atoms with Crippen LogP contribution in [0.3, 0.4) is 0 Å². The highest BCUT2D eigenvalue weighted by molar-refractivity contribution is 5.56. The number of hydrogen-bond acceptors (Lipinski definition) is 4. The maximum absolute atomic E-state index is 9.07. The van der Waals surface area contributed by atoms with Crippen LogP contribution in [0.5, 0.6) is 0 Å². The van der Waals surface area contributed by atoms with Crippen molar-refractivity contribution in [2.24, 2.45) is 5.92 Å². The monoisotopic (exact) mass is 268 g/mol. The highest BCUT2D eigenvalue weighted by Crippen LogP contribution is 2.25. The molecule has 0 aliphatic carbocycles. The largest absolute Gasteiger partial charge is 0.382 e. The lowest BCUT2D eigenvalue weighted by atomic mass is 9.89. The van der Waals surface area contributed by atoms with E-state index in [-0.39, 0.29) is 0 Å². The predicted octanol–water partition coefficient (Wildman–Crippen LogP) is 2.57. The van der Waals surface area contributed by atoms with Gasteiger partial charge in [0.25, 0.3) is 0 Å². The Bertz CT molecular complexity index is 567. The van der Waals surface area contributed by atoms with Gasteiger partial charge in [0.15, 0.2) is 0 Å². The molecule has 0 amide bonds. The maximum Gasteiger partial charge on any atom is 0.101 e. The molecule has 1 aromatic carbocycles. The van der Waals surface area contributed by atoms with Crippen molar-refractivity contribution in [2.45, 2.75) is 32.4 Å². The van der Waals surface area contributed by atoms with Gasteiger partial charge in [-0.3, -0.25) is 0 Å². The van der Waals surface area contributed by atoms with Crippen LogP contribution in [-0.2, 0) is 0 Å². The van der Waals surface area contributed by atoms with Crippen LogP contribution in [0.2, 0.25) is 0 Å². The first-order chi connectivity index (χ1) is 9.55. The van der Waals surface area contributed by atoms with E-state index in [0.29, 0.717) is 29.1 Å². The van der Waals surface area contributed by atoms with Crippen molar-refractivity contribution >= 4 is 5.69 Å². The summed E-state index contributed by atoms with van der Waals surface area (Å²) in [5.74, 6) is 0.553. The lowest BCUT2D eigenvalue weighted by Gasteiger charge is -2.40. The molecule has 104 valence electrons. The number of rotatable bonds is 2. The van der Waals surface area contributed by atoms with Gasteiger partial charge in [-0.25, -0.2) is 0 Å². The molecule has 4 heteroatoms. The zero-order valence-corrected chi connectivity index (χ0v) is 12.2. The molecular formula is C16H20N4. The molecule has 1 fully saturated rings. The summed E-state index contributed by atoms with van der Waals surface area (Å²) in [6.07, 6.45) is 1.08. The Morgan fingerprint density at radius 3 is 2.55 bits per heavy atom. The molecule has 3 atom stereocenters. The lowest BCUT2D eigenvalue weighted by molar-refractivity contribution is 0.145. The third-order valence-corrected chi connectivity index (χ3v) is 4.22. The third-order valence-electron chi connectivity index (χ3n) is 4.22. The van der Waals surface area contributed by atoms with Crippen LogP contribution in [0.4, 0.5) is 5.69 Å². The van der Waals surface area contributed by atoms with Crippen molar-refractivity contribution in [3.8, 4) is 12.1 Å². The number of nitrogens with zero attached hydrogens (tertiary/aromatic N) is 3. The highest BCUT2D eigenvalue weighted by Gasteiger charge is 2.28. The van der Waals surface area contributed by atoms with Crippen molar-refractivity contribution in [3.63, 3.8) is 0 Å². The van der Waals surface area contributed by atoms with Crippen molar-refractivity contribution in [1.82, 2.24) is 4.90 Å². The number of benzene rings is 1. The quantitative estimate of drug-likeness (QED) is 0.895. The van der Waals surface area contributed by atoms with Crippen LogP contribution >= 0.6 is 0 Å². The minimum atomic E-state index is 0.403. The van der Waals surface area contributed by atoms with Crippen molar-refractivity contribution in [2.75, 3.05) is 18.9 Å². The number of nitrogens with one attached hydrogen (secondary N) is 1. The van der Waals surface area contributed by atoms with Crippen molar-refractivity contribution < 1.29 is 0 Å². The van der Waals surface area contributed by atoms with E-state index in [2.05, 4.69) is 37.2 Å². The molecule has 1 aliphatic rings. The van der Waals surface area contributed by atoms with E-state index in [4.69, 9.17) is 10.5 Å². The zero-order chi connectivity index (χ0) is 14.7. The van der Waals surface area contributed by atoms with Gasteiger partial charge in [-0.15, -0.1) is 0 Å². The standard InChI is InChI=1S/C16H20N4/c1-11-10-20(3)12(2)6-16(11)19-15-5-4-13(8-17)14(7-15)9-18/h4-5,7,11-12,16,19H,6,10H2,1-3H3. The second kappa shape index (κ2) is 5.94. The smallest absolute Gasteiger partial charge is 0.101 e. The van der Waals surface area contributed by atoms with Crippen molar-refractivity contribution in [1.29, 1.82) is 10.5 Å². The minimum Gasteiger partial charge on any atom is -0.382 e. The Kier molecular flexibility index (Phi) is 4.27. The fourth-order valence-corrected chi connectivity index (χ4v) is 2.78. The van der Waals surface area contributed by atoms with Crippen LogP contribution in [-0.4, -0.2) is 30.6 Å². The van der Waals surface area contributed by atoms with E-state index < -0.39 is 0 Å². The van der Waals surface area contributed by atoms with Crippen LogP contribution < -0.4 is 5.32 Å². The number of piperidine rings is 1. The number of hydrogen-bond donors (Lipinski definition) is 1. The first kappa shape index (κ1) is 14.4. The van der Waals surface area contributed by atoms with Crippen molar-refractivity contribution in [3.05, 3.63) is 29.3 Å². The van der Waals surface area contributed by atoms with Gasteiger partial charge in [0.1, 0.15) is 12.1 Å². The Hall–Kier alpha value is -2.04. The first-order valence-electron chi connectivity index (χ1n) is 6.96. The molecule has 1 N–H and O–H groups in total. The maximum atomic E-state index is 9.07. The van der Waals surface area contributed by atoms with E-state index >= 15 is 0 Å². The van der Waals surface area contributed by atoms with E-state index in [9.17, 15) is 0 Å². The van der Waals surface area contributed by atoms with Gasteiger partial charge in [0.2, 0.25) is 0 Å². The third kappa shape index (κ3) is 2.92. The average Bonchev–Trinajstić information content (AvgIpc) is 2.44. The molecule has 0 radical (unpaired) electrons. The molecule has 2 rings (SSSR count). The molecule has 1 heterocycles. The average molecular weight is 268 g/mol. The molecule has 1 aromatic rings. The van der Waals surface area contributed by atoms with E-state index in [0.717, 1.165) is 18.7 Å². The molecule has 1 saturated heterocycles. The summed E-state index contributed by atoms with van der Waals surface area (Å²) in [7, 11) is 2.16. The summed E-state index contributed by atoms with van der Waals surface area (Å²) < 4.78 is 0. The van der Waals surface area contributed by atoms with Gasteiger partial charge in [-0.2, -0.15) is 10.5 Å². The number of anilines is 1. The lowest BCUT2D eigenvalue weighted by Crippen LogP contribution is -2.48. The van der Waals surface area contributed by atoms with Gasteiger partial charge in [0.05, 0.1) is 11.1 Å². The van der Waals surface area contributed by atoms with Crippen LogP contribution in [0.1, 0.15) is 31.4 Å². The Morgan fingerprint density at radius 1 is 1.20 bits per heavy atom. The SMILES string of the molecule is CC1CN(C)C(C)CC1Nc1ccc(C#N)c(C#N)c1. The summed E-state index contributed by atoms with van der Waals surface area (Å²) in [4.78, 5) is 2.38. The molecule has 1 aliphatic heterocycles. The summed E-state index contributed by atoms with van der Waals surface area (Å²) in [6.45, 7) is 5.55. The first-order valence-corrected chi connectivity index (χ1v) is 6.96. The van der Waals surface area contributed by atoms with Gasteiger partial charge in [0, 0.05) is 24.3 Å². The Morgan fingerprint density at radius 2 is 1.90 bits per heavy atom. The fraction of sp³-hybridized carbons (Fsp3) is 0.500. The molecular weight excluding hydrogens is 248 g/mol. The normalized spacial score (nSPS) is 26.6. The molecule has 4 nitrogen and oxygen atoms in total. The summed E-state index contributed by atoms with van der Waals surface area (Å²) in [5, 5.41) is 21.5. The molecule has 0 aromatic heterocycles. The van der Waals surface area contributed by atoms with Gasteiger partial charge in [-0.05, 0) is 44.5 Å². The Balaban J connectivity index is 2.15. The summed E-state index contributed by atoms with van der Waals surface area (Å²) in [6, 6.07) is 10.4. The summed E-state index contributed by atoms with van der Waals surface area (Å²) >= 11 is 0. The van der Waals surface area contributed by atoms with Gasteiger partial charge < -0.3 is 10.2 Å². The van der Waals surface area contributed by atoms with E-state index in [1.807, 2.05) is 12.1 Å². The second-order valence-corrected chi connectivity index (χ2v) is 5.74. The Labute approximate surface area is 120 Å². The predicted molar refractivity (Wildman–Crippen MR) is 79.2 cm³/mol. The van der Waals surface area contributed by atoms with E-state index in [1.165, 1.54) is 0 Å². The second-order valence-electron chi connectivity index (χ2n) is 5.74. The topological polar surface area (TPSA) is 62.9 Å². The molecule has 0 bridgehead atoms. The zero-order valence-electron chi connectivity index (χ0n) is 12.2. The molecule has 0 saturated carbocycles. The van der Waals surface area contributed by atoms with Crippen LogP contribution in [0.15, 0.2) is 18.2 Å². The molecule has 3 unspecified atom stereocenters. The molecule has 0 spiro atoms. The van der Waals surface area contributed by atoms with Gasteiger partial charge >= 0.3 is 0 Å². The van der Waals surface area contributed by atoms with Crippen LogP contribution in [0, 0.1) is 28.6 Å².